The summed E-state index contributed by atoms with van der Waals surface area (Å²) in [5, 5.41) is 16.7. The van der Waals surface area contributed by atoms with Crippen LogP contribution in [0.5, 0.6) is 0 Å². The Morgan fingerprint density at radius 1 is 0.895 bits per heavy atom. The lowest BCUT2D eigenvalue weighted by atomic mass is 10.0. The average molecular weight is 510 g/mol. The number of piperazine rings is 1. The molecule has 3 aromatic heterocycles. The van der Waals surface area contributed by atoms with Crippen molar-refractivity contribution in [2.45, 2.75) is 0 Å². The summed E-state index contributed by atoms with van der Waals surface area (Å²) in [6, 6.07) is 14.1. The molecule has 0 atom stereocenters. The third kappa shape index (κ3) is 5.00. The van der Waals surface area contributed by atoms with Crippen LogP contribution in [-0.4, -0.2) is 57.4 Å². The number of fused-ring (bicyclic) bond motifs is 1. The van der Waals surface area contributed by atoms with E-state index in [-0.39, 0.29) is 5.69 Å². The Kier molecular flexibility index (Phi) is 6.32. The van der Waals surface area contributed by atoms with E-state index in [9.17, 15) is 9.18 Å². The summed E-state index contributed by atoms with van der Waals surface area (Å²) >= 11 is 0. The summed E-state index contributed by atoms with van der Waals surface area (Å²) in [5.74, 6) is -0.509. The predicted octanol–water partition coefficient (Wildman–Crippen LogP) is 4.27. The van der Waals surface area contributed by atoms with Crippen LogP contribution >= 0.6 is 0 Å². The molecule has 1 fully saturated rings. The summed E-state index contributed by atoms with van der Waals surface area (Å²) in [6.07, 6.45) is 6.09. The van der Waals surface area contributed by atoms with Crippen LogP contribution in [0.1, 0.15) is 0 Å². The van der Waals surface area contributed by atoms with Crippen LogP contribution < -0.4 is 20.9 Å². The number of hydrogen-bond donors (Lipinski definition) is 4. The Hall–Kier alpha value is -4.90. The van der Waals surface area contributed by atoms with Crippen LogP contribution in [0.3, 0.4) is 0 Å². The number of rotatable bonds is 5. The van der Waals surface area contributed by atoms with Gasteiger partial charge in [-0.25, -0.2) is 24.1 Å². The van der Waals surface area contributed by atoms with Gasteiger partial charge in [0.05, 0.1) is 18.1 Å². The zero-order chi connectivity index (χ0) is 25.9. The van der Waals surface area contributed by atoms with Crippen molar-refractivity contribution in [2.24, 2.45) is 0 Å². The summed E-state index contributed by atoms with van der Waals surface area (Å²) in [4.78, 5) is 27.0. The maximum absolute atomic E-state index is 14.6. The van der Waals surface area contributed by atoms with Gasteiger partial charge in [-0.1, -0.05) is 12.1 Å². The monoisotopic (exact) mass is 509 g/mol. The largest absolute Gasteiger partial charge is 0.369 e. The quantitative estimate of drug-likeness (QED) is 0.279. The Bertz CT molecular complexity index is 1600. The summed E-state index contributed by atoms with van der Waals surface area (Å²) in [6.45, 7) is 3.84. The van der Waals surface area contributed by atoms with E-state index in [2.05, 4.69) is 64.2 Å². The minimum Gasteiger partial charge on any atom is -0.369 e. The van der Waals surface area contributed by atoms with Gasteiger partial charge >= 0.3 is 6.03 Å². The number of nitrogens with zero attached hydrogens (tertiary/aromatic N) is 5. The number of aromatic amines is 1. The Balaban J connectivity index is 1.29. The molecule has 0 aliphatic carbocycles. The van der Waals surface area contributed by atoms with Crippen LogP contribution in [0, 0.1) is 5.82 Å². The highest BCUT2D eigenvalue weighted by Crippen LogP contribution is 2.32. The van der Waals surface area contributed by atoms with E-state index < -0.39 is 11.8 Å². The Labute approximate surface area is 217 Å². The van der Waals surface area contributed by atoms with Gasteiger partial charge in [-0.05, 0) is 42.0 Å². The van der Waals surface area contributed by atoms with Crippen molar-refractivity contribution in [3.8, 4) is 22.4 Å². The molecule has 10 nitrogen and oxygen atoms in total. The molecule has 6 rings (SSSR count). The second-order valence-electron chi connectivity index (χ2n) is 8.91. The molecule has 2 aromatic carbocycles. The van der Waals surface area contributed by atoms with Gasteiger partial charge in [-0.3, -0.25) is 5.10 Å². The van der Waals surface area contributed by atoms with Gasteiger partial charge in [0.2, 0.25) is 0 Å². The molecular weight excluding hydrogens is 485 g/mol. The number of aromatic nitrogens is 5. The highest BCUT2D eigenvalue weighted by atomic mass is 19.1. The number of amides is 2. The zero-order valence-electron chi connectivity index (χ0n) is 20.3. The second kappa shape index (κ2) is 10.2. The minimum absolute atomic E-state index is 0.276. The van der Waals surface area contributed by atoms with E-state index in [0.717, 1.165) is 48.4 Å². The lowest BCUT2D eigenvalue weighted by molar-refractivity contribution is 0.262. The van der Waals surface area contributed by atoms with Crippen molar-refractivity contribution in [1.29, 1.82) is 0 Å². The molecular formula is C27H24FN9O. The lowest BCUT2D eigenvalue weighted by Gasteiger charge is -2.29. The van der Waals surface area contributed by atoms with E-state index in [4.69, 9.17) is 0 Å². The molecule has 0 radical (unpaired) electrons. The molecule has 4 heterocycles. The highest BCUT2D eigenvalue weighted by molar-refractivity contribution is 6.00. The van der Waals surface area contributed by atoms with E-state index >= 15 is 0 Å². The standard InChI is InChI=1S/C27H24FN9O/c28-20-8-18(9-21(12-20)33-27(38)34-22-14-30-16-31-15-22)25-24-11-19(13-32-26(24)36-35-25)17-2-1-3-23(10-17)37-6-4-29-5-7-37/h1-3,8-16,29H,4-7H2,(H,32,35,36)(H2,33,34,38). The number of urea groups is 1. The fourth-order valence-corrected chi connectivity index (χ4v) is 4.54. The number of halogens is 1. The highest BCUT2D eigenvalue weighted by Gasteiger charge is 2.15. The molecule has 1 saturated heterocycles. The third-order valence-corrected chi connectivity index (χ3v) is 6.33. The first-order valence-electron chi connectivity index (χ1n) is 12.2. The average Bonchev–Trinajstić information content (AvgIpc) is 3.37. The first kappa shape index (κ1) is 23.5. The van der Waals surface area contributed by atoms with Crippen molar-refractivity contribution in [3.05, 3.63) is 79.3 Å². The first-order valence-corrected chi connectivity index (χ1v) is 12.2. The van der Waals surface area contributed by atoms with E-state index in [0.29, 0.717) is 22.6 Å². The number of anilines is 3. The van der Waals surface area contributed by atoms with Gasteiger partial charge in [-0.15, -0.1) is 0 Å². The second-order valence-corrected chi connectivity index (χ2v) is 8.91. The van der Waals surface area contributed by atoms with Gasteiger partial charge < -0.3 is 20.9 Å². The van der Waals surface area contributed by atoms with Crippen molar-refractivity contribution < 1.29 is 9.18 Å². The van der Waals surface area contributed by atoms with Crippen molar-refractivity contribution in [1.82, 2.24) is 30.5 Å². The normalized spacial score (nSPS) is 13.4. The fourth-order valence-electron chi connectivity index (χ4n) is 4.54. The van der Waals surface area contributed by atoms with Gasteiger partial charge in [0.15, 0.2) is 5.65 Å². The first-order chi connectivity index (χ1) is 18.6. The minimum atomic E-state index is -0.545. The molecule has 2 amide bonds. The predicted molar refractivity (Wildman–Crippen MR) is 144 cm³/mol. The van der Waals surface area contributed by atoms with Gasteiger partial charge in [0, 0.05) is 60.3 Å². The Morgan fingerprint density at radius 3 is 2.55 bits per heavy atom. The zero-order valence-corrected chi connectivity index (χ0v) is 20.3. The molecule has 11 heteroatoms. The molecule has 0 unspecified atom stereocenters. The van der Waals surface area contributed by atoms with Crippen LogP contribution in [0.4, 0.5) is 26.2 Å². The lowest BCUT2D eigenvalue weighted by Crippen LogP contribution is -2.43. The molecule has 5 aromatic rings. The SMILES string of the molecule is O=C(Nc1cncnc1)Nc1cc(F)cc(-c2n[nH]c3ncc(-c4cccc(N5CCNCC5)c4)cc23)c1. The molecule has 1 aliphatic heterocycles. The maximum atomic E-state index is 14.6. The molecule has 0 bridgehead atoms. The molecule has 190 valence electrons. The van der Waals surface area contributed by atoms with Crippen molar-refractivity contribution in [3.63, 3.8) is 0 Å². The number of nitrogens with one attached hydrogen (secondary N) is 4. The summed E-state index contributed by atoms with van der Waals surface area (Å²) in [7, 11) is 0. The van der Waals surface area contributed by atoms with Crippen LogP contribution in [0.2, 0.25) is 0 Å². The number of pyridine rings is 1. The number of hydrogen-bond acceptors (Lipinski definition) is 7. The number of benzene rings is 2. The smallest absolute Gasteiger partial charge is 0.323 e. The molecule has 0 spiro atoms. The van der Waals surface area contributed by atoms with E-state index in [1.165, 1.54) is 30.9 Å². The Morgan fingerprint density at radius 2 is 1.71 bits per heavy atom. The fraction of sp³-hybridized carbons (Fsp3) is 0.148. The number of carbonyl (C=O) groups excluding carboxylic acids is 1. The maximum Gasteiger partial charge on any atom is 0.323 e. The van der Waals surface area contributed by atoms with Crippen molar-refractivity contribution in [2.75, 3.05) is 41.7 Å². The van der Waals surface area contributed by atoms with Crippen LogP contribution in [0.15, 0.2) is 73.4 Å². The molecule has 0 saturated carbocycles. The van der Waals surface area contributed by atoms with Crippen LogP contribution in [0.25, 0.3) is 33.4 Å². The van der Waals surface area contributed by atoms with Gasteiger partial charge in [0.1, 0.15) is 17.8 Å². The number of carbonyl (C=O) groups is 1. The van der Waals surface area contributed by atoms with Gasteiger partial charge in [-0.2, -0.15) is 5.10 Å². The summed E-state index contributed by atoms with van der Waals surface area (Å²) < 4.78 is 14.6. The van der Waals surface area contributed by atoms with E-state index in [1.807, 2.05) is 12.1 Å². The molecule has 4 N–H and O–H groups in total. The topological polar surface area (TPSA) is 124 Å². The third-order valence-electron chi connectivity index (χ3n) is 6.33. The van der Waals surface area contributed by atoms with E-state index in [1.54, 1.807) is 12.3 Å². The summed E-state index contributed by atoms with van der Waals surface area (Å²) in [5.41, 5.74) is 5.44. The number of H-pyrrole nitrogens is 1. The van der Waals surface area contributed by atoms with Crippen molar-refractivity contribution >= 4 is 34.1 Å². The molecule has 38 heavy (non-hydrogen) atoms. The van der Waals surface area contributed by atoms with Gasteiger partial charge in [0.25, 0.3) is 0 Å². The molecule has 1 aliphatic rings. The van der Waals surface area contributed by atoms with Crippen LogP contribution in [-0.2, 0) is 0 Å².